The van der Waals surface area contributed by atoms with Crippen LogP contribution < -0.4 is 9.47 Å². The zero-order valence-electron chi connectivity index (χ0n) is 20.0. The van der Waals surface area contributed by atoms with Crippen molar-refractivity contribution in [2.75, 3.05) is 6.61 Å². The number of pyridine rings is 1. The molecule has 1 fully saturated rings. The Bertz CT molecular complexity index is 1370. The number of nitrogens with zero attached hydrogens (tertiary/aromatic N) is 2. The molecule has 8 heteroatoms. The predicted octanol–water partition coefficient (Wildman–Crippen LogP) is 4.13. The van der Waals surface area contributed by atoms with E-state index in [1.807, 2.05) is 6.92 Å². The number of aromatic nitrogens is 1. The van der Waals surface area contributed by atoms with Gasteiger partial charge in [0.15, 0.2) is 11.5 Å². The van der Waals surface area contributed by atoms with Crippen LogP contribution in [0.4, 0.5) is 0 Å². The lowest BCUT2D eigenvalue weighted by Gasteiger charge is -2.26. The molecule has 2 unspecified atom stereocenters. The van der Waals surface area contributed by atoms with Gasteiger partial charge in [0.25, 0.3) is 11.7 Å². The van der Waals surface area contributed by atoms with Gasteiger partial charge < -0.3 is 24.6 Å². The van der Waals surface area contributed by atoms with Crippen LogP contribution in [0.25, 0.3) is 5.76 Å². The van der Waals surface area contributed by atoms with Crippen molar-refractivity contribution in [1.29, 1.82) is 0 Å². The number of phenolic OH excluding ortho intramolecular Hbond substituents is 1. The summed E-state index contributed by atoms with van der Waals surface area (Å²) in [6.07, 6.45) is 3.94. The molecule has 0 radical (unpaired) electrons. The van der Waals surface area contributed by atoms with Crippen LogP contribution in [0.15, 0.2) is 66.5 Å². The molecular weight excluding hydrogens is 460 g/mol. The summed E-state index contributed by atoms with van der Waals surface area (Å²) in [5, 5.41) is 21.6. The van der Waals surface area contributed by atoms with Crippen molar-refractivity contribution >= 4 is 17.4 Å². The molecule has 1 amide bonds. The Labute approximate surface area is 208 Å². The normalized spacial score (nSPS) is 20.3. The minimum absolute atomic E-state index is 0.0193. The maximum Gasteiger partial charge on any atom is 0.295 e. The van der Waals surface area contributed by atoms with Crippen molar-refractivity contribution in [2.45, 2.75) is 39.0 Å². The Morgan fingerprint density at radius 1 is 1.14 bits per heavy atom. The Hall–Kier alpha value is -4.33. The first kappa shape index (κ1) is 23.4. The number of ketones is 1. The number of aliphatic hydroxyl groups excluding tert-OH is 1. The Morgan fingerprint density at radius 2 is 1.92 bits per heavy atom. The van der Waals surface area contributed by atoms with E-state index in [-0.39, 0.29) is 35.5 Å². The van der Waals surface area contributed by atoms with Crippen LogP contribution in [0.5, 0.6) is 17.2 Å². The molecule has 2 aliphatic heterocycles. The standard InChI is InChI=1S/C28H26N2O6/c1-3-35-23-14-18(4-6-21(23)31)25-24(26(32)19-5-7-22-20(13-19)12-16(2)36-22)27(33)28(34)30(25)15-17-8-10-29-11-9-17/h4-11,13-14,16,25,31-32H,3,12,15H2,1-2H3/b26-24+. The number of fused-ring (bicyclic) bond motifs is 1. The van der Waals surface area contributed by atoms with E-state index in [1.54, 1.807) is 61.8 Å². The Balaban J connectivity index is 1.65. The average Bonchev–Trinajstić information content (AvgIpc) is 3.37. The van der Waals surface area contributed by atoms with Crippen molar-refractivity contribution < 1.29 is 29.3 Å². The summed E-state index contributed by atoms with van der Waals surface area (Å²) in [6.45, 7) is 4.21. The maximum atomic E-state index is 13.3. The molecule has 2 atom stereocenters. The van der Waals surface area contributed by atoms with Gasteiger partial charge in [0.1, 0.15) is 17.6 Å². The molecule has 0 saturated carbocycles. The first-order valence-electron chi connectivity index (χ1n) is 11.8. The highest BCUT2D eigenvalue weighted by atomic mass is 16.5. The lowest BCUT2D eigenvalue weighted by atomic mass is 9.94. The second-order valence-electron chi connectivity index (χ2n) is 8.90. The van der Waals surface area contributed by atoms with E-state index in [2.05, 4.69) is 4.98 Å². The largest absolute Gasteiger partial charge is 0.507 e. The highest BCUT2D eigenvalue weighted by Crippen LogP contribution is 2.43. The van der Waals surface area contributed by atoms with Crippen molar-refractivity contribution in [2.24, 2.45) is 0 Å². The quantitative estimate of drug-likeness (QED) is 0.306. The summed E-state index contributed by atoms with van der Waals surface area (Å²) in [5.41, 5.74) is 2.65. The summed E-state index contributed by atoms with van der Waals surface area (Å²) in [7, 11) is 0. The fourth-order valence-corrected chi connectivity index (χ4v) is 4.77. The number of carbonyl (C=O) groups excluding carboxylic acids is 2. The number of aromatic hydroxyl groups is 1. The van der Waals surface area contributed by atoms with E-state index in [1.165, 1.54) is 11.0 Å². The predicted molar refractivity (Wildman–Crippen MR) is 132 cm³/mol. The van der Waals surface area contributed by atoms with Crippen molar-refractivity contribution in [3.63, 3.8) is 0 Å². The molecule has 5 rings (SSSR count). The van der Waals surface area contributed by atoms with Crippen LogP contribution >= 0.6 is 0 Å². The van der Waals surface area contributed by atoms with E-state index >= 15 is 0 Å². The molecule has 2 aromatic carbocycles. The number of aliphatic hydroxyl groups is 1. The summed E-state index contributed by atoms with van der Waals surface area (Å²) in [5.74, 6) is -0.838. The molecule has 3 aromatic rings. The van der Waals surface area contributed by atoms with Gasteiger partial charge in [-0.3, -0.25) is 14.6 Å². The SMILES string of the molecule is CCOc1cc(C2/C(=C(\O)c3ccc4c(c3)CC(C)O4)C(=O)C(=O)N2Cc2ccncc2)ccc1O. The third-order valence-electron chi connectivity index (χ3n) is 6.41. The molecule has 8 nitrogen and oxygen atoms in total. The van der Waals surface area contributed by atoms with Gasteiger partial charge in [0.2, 0.25) is 0 Å². The van der Waals surface area contributed by atoms with Gasteiger partial charge in [0, 0.05) is 30.9 Å². The Kier molecular flexibility index (Phi) is 6.10. The van der Waals surface area contributed by atoms with E-state index in [0.29, 0.717) is 24.2 Å². The summed E-state index contributed by atoms with van der Waals surface area (Å²) in [6, 6.07) is 12.6. The van der Waals surface area contributed by atoms with Crippen LogP contribution in [0.2, 0.25) is 0 Å². The van der Waals surface area contributed by atoms with Crippen LogP contribution in [0, 0.1) is 0 Å². The molecule has 2 aliphatic rings. The summed E-state index contributed by atoms with van der Waals surface area (Å²) < 4.78 is 11.3. The number of carbonyl (C=O) groups is 2. The smallest absolute Gasteiger partial charge is 0.295 e. The maximum absolute atomic E-state index is 13.3. The van der Waals surface area contributed by atoms with E-state index in [4.69, 9.17) is 9.47 Å². The van der Waals surface area contributed by atoms with Crippen molar-refractivity contribution in [3.05, 3.63) is 88.8 Å². The fraction of sp³-hybridized carbons (Fsp3) is 0.250. The van der Waals surface area contributed by atoms with Crippen molar-refractivity contribution in [3.8, 4) is 17.2 Å². The van der Waals surface area contributed by atoms with Crippen LogP contribution in [-0.2, 0) is 22.6 Å². The van der Waals surface area contributed by atoms with Gasteiger partial charge in [-0.1, -0.05) is 6.07 Å². The van der Waals surface area contributed by atoms with Gasteiger partial charge >= 0.3 is 0 Å². The number of ether oxygens (including phenoxy) is 2. The average molecular weight is 487 g/mol. The number of benzene rings is 2. The molecule has 1 aromatic heterocycles. The molecule has 3 heterocycles. The first-order chi connectivity index (χ1) is 17.4. The number of rotatable bonds is 6. The summed E-state index contributed by atoms with van der Waals surface area (Å²) in [4.78, 5) is 32.0. The lowest BCUT2D eigenvalue weighted by Crippen LogP contribution is -2.29. The number of hydrogen-bond acceptors (Lipinski definition) is 7. The first-order valence-corrected chi connectivity index (χ1v) is 11.8. The monoisotopic (exact) mass is 486 g/mol. The minimum atomic E-state index is -0.888. The van der Waals surface area contributed by atoms with E-state index < -0.39 is 17.7 Å². The molecule has 0 spiro atoms. The minimum Gasteiger partial charge on any atom is -0.507 e. The highest BCUT2D eigenvalue weighted by molar-refractivity contribution is 6.46. The zero-order valence-corrected chi connectivity index (χ0v) is 20.0. The molecule has 1 saturated heterocycles. The number of hydrogen-bond donors (Lipinski definition) is 2. The molecule has 0 bridgehead atoms. The Morgan fingerprint density at radius 3 is 2.67 bits per heavy atom. The summed E-state index contributed by atoms with van der Waals surface area (Å²) >= 11 is 0. The van der Waals surface area contributed by atoms with Gasteiger partial charge in [-0.05, 0) is 73.0 Å². The molecular formula is C28H26N2O6. The van der Waals surface area contributed by atoms with Gasteiger partial charge in [0.05, 0.1) is 18.2 Å². The van der Waals surface area contributed by atoms with E-state index in [9.17, 15) is 19.8 Å². The molecule has 184 valence electrons. The number of phenols is 1. The number of likely N-dealkylation sites (tertiary alicyclic amines) is 1. The third-order valence-corrected chi connectivity index (χ3v) is 6.41. The third kappa shape index (κ3) is 4.15. The second-order valence-corrected chi connectivity index (χ2v) is 8.90. The topological polar surface area (TPSA) is 109 Å². The fourth-order valence-electron chi connectivity index (χ4n) is 4.77. The van der Waals surface area contributed by atoms with Crippen LogP contribution in [0.3, 0.4) is 0 Å². The molecule has 2 N–H and O–H groups in total. The molecule has 0 aliphatic carbocycles. The van der Waals surface area contributed by atoms with E-state index in [0.717, 1.165) is 16.9 Å². The second kappa shape index (κ2) is 9.37. The van der Waals surface area contributed by atoms with Crippen LogP contribution in [-0.4, -0.2) is 44.5 Å². The van der Waals surface area contributed by atoms with Crippen LogP contribution in [0.1, 0.15) is 42.1 Å². The van der Waals surface area contributed by atoms with Gasteiger partial charge in [-0.25, -0.2) is 0 Å². The van der Waals surface area contributed by atoms with Gasteiger partial charge in [-0.15, -0.1) is 0 Å². The molecule has 36 heavy (non-hydrogen) atoms. The zero-order chi connectivity index (χ0) is 25.4. The van der Waals surface area contributed by atoms with Gasteiger partial charge in [-0.2, -0.15) is 0 Å². The number of Topliss-reactive ketones (excluding diaryl/α,β-unsaturated/α-hetero) is 1. The lowest BCUT2D eigenvalue weighted by molar-refractivity contribution is -0.140. The highest BCUT2D eigenvalue weighted by Gasteiger charge is 2.46. The van der Waals surface area contributed by atoms with Crippen molar-refractivity contribution in [1.82, 2.24) is 9.88 Å². The number of amides is 1.